The zero-order chi connectivity index (χ0) is 3.58. The molecule has 4 heteroatoms. The van der Waals surface area contributed by atoms with Gasteiger partial charge in [0.1, 0.15) is 0 Å². The first-order chi connectivity index (χ1) is 1.73. The largest absolute Gasteiger partial charge is 2.00 e. The van der Waals surface area contributed by atoms with Crippen LogP contribution in [0.1, 0.15) is 0 Å². The normalized spacial score (nSPS) is 5.20. The van der Waals surface area contributed by atoms with Crippen LogP contribution in [-0.4, -0.2) is 4.70 Å². The SMILES string of the molecule is O=C(Cl)Cl.[Ru+2]. The van der Waals surface area contributed by atoms with Gasteiger partial charge in [-0.1, -0.05) is 0 Å². The van der Waals surface area contributed by atoms with E-state index in [2.05, 4.69) is 23.2 Å². The average Bonchev–Trinajstić information content (AvgIpc) is 0.811. The molecule has 0 radical (unpaired) electrons. The fourth-order valence-electron chi connectivity index (χ4n) is 0. The van der Waals surface area contributed by atoms with E-state index in [-0.39, 0.29) is 19.5 Å². The second-order valence-electron chi connectivity index (χ2n) is 0.226. The van der Waals surface area contributed by atoms with Crippen LogP contribution in [0.2, 0.25) is 0 Å². The summed E-state index contributed by atoms with van der Waals surface area (Å²) in [6.07, 6.45) is 0. The van der Waals surface area contributed by atoms with Crippen LogP contribution in [0.3, 0.4) is 0 Å². The van der Waals surface area contributed by atoms with Crippen LogP contribution < -0.4 is 0 Å². The van der Waals surface area contributed by atoms with E-state index in [1.807, 2.05) is 0 Å². The minimum absolute atomic E-state index is 0. The molecule has 0 rings (SSSR count). The van der Waals surface area contributed by atoms with Gasteiger partial charge in [-0.2, -0.15) is 0 Å². The minimum Gasteiger partial charge on any atom is -0.262 e. The summed E-state index contributed by atoms with van der Waals surface area (Å²) >= 11 is 8.80. The van der Waals surface area contributed by atoms with E-state index in [4.69, 9.17) is 4.79 Å². The molecule has 0 saturated heterocycles. The first kappa shape index (κ1) is 9.30. The molecule has 0 fully saturated rings. The Labute approximate surface area is 52.4 Å². The van der Waals surface area contributed by atoms with Gasteiger partial charge in [0.05, 0.1) is 0 Å². The van der Waals surface area contributed by atoms with E-state index in [1.165, 1.54) is 0 Å². The summed E-state index contributed by atoms with van der Waals surface area (Å²) < 4.78 is -0.889. The zero-order valence-electron chi connectivity index (χ0n) is 2.02. The fourth-order valence-corrected chi connectivity index (χ4v) is 0. The number of rotatable bonds is 0. The molecule has 0 bridgehead atoms. The van der Waals surface area contributed by atoms with E-state index in [0.717, 1.165) is 0 Å². The molecule has 5 heavy (non-hydrogen) atoms. The molecule has 30 valence electrons. The Morgan fingerprint density at radius 3 is 1.40 bits per heavy atom. The van der Waals surface area contributed by atoms with Gasteiger partial charge in [0.2, 0.25) is 0 Å². The van der Waals surface area contributed by atoms with Crippen molar-refractivity contribution in [3.63, 3.8) is 0 Å². The van der Waals surface area contributed by atoms with Crippen LogP contribution in [0.4, 0.5) is 4.79 Å². The van der Waals surface area contributed by atoms with E-state index in [0.29, 0.717) is 0 Å². The third-order valence-electron chi connectivity index (χ3n) is 0. The van der Waals surface area contributed by atoms with Crippen LogP contribution in [0.5, 0.6) is 0 Å². The second kappa shape index (κ2) is 4.87. The molecule has 0 aliphatic carbocycles. The van der Waals surface area contributed by atoms with Crippen LogP contribution in [-0.2, 0) is 19.5 Å². The van der Waals surface area contributed by atoms with Gasteiger partial charge in [0, 0.05) is 0 Å². The third kappa shape index (κ3) is 52.7. The van der Waals surface area contributed by atoms with Crippen molar-refractivity contribution in [3.05, 3.63) is 0 Å². The topological polar surface area (TPSA) is 17.1 Å². The fraction of sp³-hybridized carbons (Fsp3) is 0. The zero-order valence-corrected chi connectivity index (χ0v) is 5.27. The summed E-state index contributed by atoms with van der Waals surface area (Å²) in [4.78, 5) is 8.98. The van der Waals surface area contributed by atoms with Crippen molar-refractivity contribution in [2.24, 2.45) is 0 Å². The van der Waals surface area contributed by atoms with Gasteiger partial charge in [0.25, 0.3) is 0 Å². The number of carbonyl (C=O) groups excluding carboxylic acids is 1. The molecule has 0 amide bonds. The summed E-state index contributed by atoms with van der Waals surface area (Å²) in [5.41, 5.74) is 0. The smallest absolute Gasteiger partial charge is 0.262 e. The van der Waals surface area contributed by atoms with Crippen LogP contribution in [0.25, 0.3) is 0 Å². The van der Waals surface area contributed by atoms with Crippen molar-refractivity contribution in [3.8, 4) is 0 Å². The molecule has 0 atom stereocenters. The first-order valence-corrected chi connectivity index (χ1v) is 1.34. The number of carbonyl (C=O) groups is 1. The molecule has 0 aromatic rings. The van der Waals surface area contributed by atoms with Gasteiger partial charge < -0.3 is 0 Å². The van der Waals surface area contributed by atoms with Crippen LogP contribution in [0.15, 0.2) is 0 Å². The molecule has 1 nitrogen and oxygen atoms in total. The van der Waals surface area contributed by atoms with Crippen molar-refractivity contribution in [1.29, 1.82) is 0 Å². The Morgan fingerprint density at radius 2 is 1.40 bits per heavy atom. The maximum absolute atomic E-state index is 8.98. The van der Waals surface area contributed by atoms with Crippen molar-refractivity contribution in [2.45, 2.75) is 0 Å². The summed E-state index contributed by atoms with van der Waals surface area (Å²) in [5, 5.41) is 0. The van der Waals surface area contributed by atoms with Gasteiger partial charge in [-0.05, 0) is 23.2 Å². The predicted molar refractivity (Wildman–Crippen MR) is 17.1 cm³/mol. The summed E-state index contributed by atoms with van der Waals surface area (Å²) in [5.74, 6) is 0. The Bertz CT molecular complexity index is 32.6. The van der Waals surface area contributed by atoms with Gasteiger partial charge in [-0.3, -0.25) is 4.79 Å². The molecule has 0 spiro atoms. The van der Waals surface area contributed by atoms with E-state index in [1.54, 1.807) is 0 Å². The molecule has 0 aliphatic heterocycles. The van der Waals surface area contributed by atoms with Gasteiger partial charge in [0.15, 0.2) is 0 Å². The molecule has 0 heterocycles. The Morgan fingerprint density at radius 1 is 1.40 bits per heavy atom. The van der Waals surface area contributed by atoms with Gasteiger partial charge in [-0.15, -0.1) is 0 Å². The van der Waals surface area contributed by atoms with Crippen molar-refractivity contribution in [1.82, 2.24) is 0 Å². The second-order valence-corrected chi connectivity index (χ2v) is 1.11. The molecule has 0 N–H and O–H groups in total. The van der Waals surface area contributed by atoms with Gasteiger partial charge >= 0.3 is 24.2 Å². The molecule has 0 aromatic carbocycles. The average molecular weight is 200 g/mol. The first-order valence-electron chi connectivity index (χ1n) is 0.582. The van der Waals surface area contributed by atoms with Crippen molar-refractivity contribution in [2.75, 3.05) is 0 Å². The summed E-state index contributed by atoms with van der Waals surface area (Å²) in [7, 11) is 0. The third-order valence-corrected chi connectivity index (χ3v) is 0. The Hall–Kier alpha value is 0.873. The minimum atomic E-state index is -0.889. The Balaban J connectivity index is 0. The van der Waals surface area contributed by atoms with Crippen molar-refractivity contribution < 1.29 is 24.3 Å². The maximum Gasteiger partial charge on any atom is 2.00 e. The van der Waals surface area contributed by atoms with Crippen LogP contribution in [0, 0.1) is 0 Å². The van der Waals surface area contributed by atoms with Gasteiger partial charge in [-0.25, -0.2) is 0 Å². The molecule has 0 unspecified atom stereocenters. The molecule has 0 aliphatic rings. The monoisotopic (exact) mass is 200 g/mol. The van der Waals surface area contributed by atoms with Crippen molar-refractivity contribution >= 4 is 27.9 Å². The van der Waals surface area contributed by atoms with Crippen LogP contribution >= 0.6 is 23.2 Å². The van der Waals surface area contributed by atoms with E-state index >= 15 is 0 Å². The summed E-state index contributed by atoms with van der Waals surface area (Å²) in [6, 6.07) is 0. The van der Waals surface area contributed by atoms with E-state index < -0.39 is 4.70 Å². The molecular formula is CCl2ORu+2. The molecular weight excluding hydrogens is 200 g/mol. The summed E-state index contributed by atoms with van der Waals surface area (Å²) in [6.45, 7) is 0. The number of hydrogen-bond acceptors (Lipinski definition) is 1. The molecule has 0 saturated carbocycles. The van der Waals surface area contributed by atoms with E-state index in [9.17, 15) is 0 Å². The number of halogens is 2. The quantitative estimate of drug-likeness (QED) is 0.428. The Kier molecular flexibility index (Phi) is 9.06. The standard InChI is InChI=1S/CCl2O.Ru/c2-1(3)4;/q;+2. The molecule has 0 aromatic heterocycles. The maximum atomic E-state index is 8.98. The predicted octanol–water partition coefficient (Wildman–Crippen LogP) is 1.58. The number of hydrogen-bond donors (Lipinski definition) is 0.